The van der Waals surface area contributed by atoms with Crippen molar-refractivity contribution in [1.82, 2.24) is 10.3 Å². The van der Waals surface area contributed by atoms with Crippen LogP contribution < -0.4 is 14.4 Å². The maximum absolute atomic E-state index is 13.3. The highest BCUT2D eigenvalue weighted by molar-refractivity contribution is 7.88. The molecule has 2 unspecified atom stereocenters. The van der Waals surface area contributed by atoms with Crippen LogP contribution in [-0.2, 0) is 24.0 Å². The molecule has 3 aromatic rings. The molecule has 2 aromatic carbocycles. The van der Waals surface area contributed by atoms with E-state index in [-0.39, 0.29) is 18.2 Å². The molecule has 1 aliphatic heterocycles. The number of benzene rings is 2. The summed E-state index contributed by atoms with van der Waals surface area (Å²) in [4.78, 5) is 30.1. The zero-order valence-electron chi connectivity index (χ0n) is 18.1. The summed E-state index contributed by atoms with van der Waals surface area (Å²) in [5.74, 6) is -0.0984. The third-order valence-electron chi connectivity index (χ3n) is 5.47. The van der Waals surface area contributed by atoms with Crippen molar-refractivity contribution in [3.05, 3.63) is 88.1 Å². The molecule has 1 aromatic heterocycles. The lowest BCUT2D eigenvalue weighted by molar-refractivity contribution is 0.0951. The lowest BCUT2D eigenvalue weighted by Gasteiger charge is -2.31. The first-order chi connectivity index (χ1) is 15.9. The predicted octanol–water partition coefficient (Wildman–Crippen LogP) is 3.58. The van der Waals surface area contributed by atoms with Crippen molar-refractivity contribution in [3.8, 4) is 5.88 Å². The average Bonchev–Trinajstić information content (AvgIpc) is 2.84. The number of halogens is 1. The molecule has 0 saturated carbocycles. The number of pyridine rings is 1. The van der Waals surface area contributed by atoms with Crippen LogP contribution in [0.3, 0.4) is 0 Å². The summed E-state index contributed by atoms with van der Waals surface area (Å²) in [5.41, 5.74) is 2.98. The number of methoxy groups -OCH3 is 1. The minimum absolute atomic E-state index is 0.245. The van der Waals surface area contributed by atoms with E-state index < -0.39 is 16.2 Å². The molecule has 0 bridgehead atoms. The first-order valence-corrected chi connectivity index (χ1v) is 11.8. The molecule has 4 rings (SSSR count). The highest BCUT2D eigenvalue weighted by Gasteiger charge is 2.37. The van der Waals surface area contributed by atoms with E-state index in [2.05, 4.69) is 10.3 Å². The number of fused-ring (bicyclic) bond motifs is 1. The molecule has 1 amide bonds. The van der Waals surface area contributed by atoms with Gasteiger partial charge in [-0.3, -0.25) is 13.9 Å². The Morgan fingerprint density at radius 2 is 1.91 bits per heavy atom. The summed E-state index contributed by atoms with van der Waals surface area (Å²) in [5, 5.41) is 2.70. The summed E-state index contributed by atoms with van der Waals surface area (Å²) in [6.45, 7) is 0.284. The summed E-state index contributed by atoms with van der Waals surface area (Å²) >= 11 is 5.95. The molecular weight excluding hydrogens is 462 g/mol. The third-order valence-corrected chi connectivity index (χ3v) is 7.32. The number of rotatable bonds is 6. The third kappa shape index (κ3) is 4.91. The lowest BCUT2D eigenvalue weighted by Crippen LogP contribution is -2.42. The number of amides is 1. The van der Waals surface area contributed by atoms with Crippen molar-refractivity contribution in [2.24, 2.45) is 0 Å². The number of Topliss-reactive ketones (excluding diaryl/α,β-unsaturated/α-hetero) is 1. The molecule has 0 aliphatic carbocycles. The van der Waals surface area contributed by atoms with Gasteiger partial charge in [0.05, 0.1) is 12.8 Å². The maximum Gasteiger partial charge on any atom is 0.251 e. The normalized spacial score (nSPS) is 17.4. The fourth-order valence-electron chi connectivity index (χ4n) is 3.66. The Hall–Kier alpha value is -3.23. The molecule has 0 fully saturated rings. The lowest BCUT2D eigenvalue weighted by atomic mass is 9.98. The van der Waals surface area contributed by atoms with Gasteiger partial charge in [0.1, 0.15) is 16.2 Å². The van der Waals surface area contributed by atoms with E-state index in [9.17, 15) is 13.8 Å². The first-order valence-electron chi connectivity index (χ1n) is 10.2. The van der Waals surface area contributed by atoms with Crippen molar-refractivity contribution in [2.75, 3.05) is 18.5 Å². The van der Waals surface area contributed by atoms with Gasteiger partial charge in [0, 0.05) is 42.0 Å². The van der Waals surface area contributed by atoms with Crippen LogP contribution in [0.1, 0.15) is 31.8 Å². The molecule has 0 radical (unpaired) electrons. The Morgan fingerprint density at radius 1 is 1.15 bits per heavy atom. The molecule has 0 spiro atoms. The smallest absolute Gasteiger partial charge is 0.251 e. The standard InChI is InChI=1S/C24H22ClN3O4S/c1-28-20-8-5-17(24(30)27-14-16-9-10-26-22(12-16)32-2)13-19(20)23(29)21(33(28)31)11-15-3-6-18(25)7-4-15/h3-10,12-13,21H,11,14H2,1-2H3,(H,27,30). The van der Waals surface area contributed by atoms with E-state index in [1.54, 1.807) is 60.0 Å². The zero-order chi connectivity index (χ0) is 23.5. The SMILES string of the molecule is COc1cc(CNC(=O)c2ccc3c(c2)C(=O)C(Cc2ccc(Cl)cc2)S(=O)N3C)ccn1. The molecule has 1 aliphatic rings. The van der Waals surface area contributed by atoms with Gasteiger partial charge in [-0.1, -0.05) is 23.7 Å². The monoisotopic (exact) mass is 483 g/mol. The van der Waals surface area contributed by atoms with Gasteiger partial charge in [-0.15, -0.1) is 0 Å². The predicted molar refractivity (Wildman–Crippen MR) is 128 cm³/mol. The van der Waals surface area contributed by atoms with Gasteiger partial charge in [0.2, 0.25) is 5.88 Å². The Balaban J connectivity index is 1.54. The van der Waals surface area contributed by atoms with Crippen LogP contribution in [-0.4, -0.2) is 40.3 Å². The van der Waals surface area contributed by atoms with Gasteiger partial charge in [-0.05, 0) is 53.9 Å². The van der Waals surface area contributed by atoms with Gasteiger partial charge in [-0.25, -0.2) is 9.19 Å². The van der Waals surface area contributed by atoms with Crippen molar-refractivity contribution in [1.29, 1.82) is 0 Å². The highest BCUT2D eigenvalue weighted by atomic mass is 35.5. The van der Waals surface area contributed by atoms with E-state index in [1.165, 1.54) is 7.11 Å². The number of hydrogen-bond acceptors (Lipinski definition) is 5. The minimum Gasteiger partial charge on any atom is -0.481 e. The number of ether oxygens (including phenoxy) is 1. The Morgan fingerprint density at radius 3 is 2.64 bits per heavy atom. The van der Waals surface area contributed by atoms with Crippen LogP contribution in [0.4, 0.5) is 5.69 Å². The number of aromatic nitrogens is 1. The molecular formula is C24H22ClN3O4S. The number of carbonyl (C=O) groups is 2. The molecule has 2 heterocycles. The van der Waals surface area contributed by atoms with Crippen LogP contribution in [0, 0.1) is 0 Å². The largest absolute Gasteiger partial charge is 0.481 e. The quantitative estimate of drug-likeness (QED) is 0.579. The second kappa shape index (κ2) is 9.72. The molecule has 0 saturated heterocycles. The molecule has 33 heavy (non-hydrogen) atoms. The maximum atomic E-state index is 13.3. The Bertz CT molecular complexity index is 1230. The van der Waals surface area contributed by atoms with Crippen LogP contribution >= 0.6 is 11.6 Å². The van der Waals surface area contributed by atoms with Gasteiger partial charge in [0.25, 0.3) is 5.91 Å². The van der Waals surface area contributed by atoms with Crippen molar-refractivity contribution in [3.63, 3.8) is 0 Å². The van der Waals surface area contributed by atoms with Crippen molar-refractivity contribution < 1.29 is 18.5 Å². The fourth-order valence-corrected chi connectivity index (χ4v) is 5.16. The summed E-state index contributed by atoms with van der Waals surface area (Å²) in [7, 11) is 1.68. The number of nitrogens with zero attached hydrogens (tertiary/aromatic N) is 2. The molecule has 1 N–H and O–H groups in total. The van der Waals surface area contributed by atoms with Crippen molar-refractivity contribution >= 4 is 40.0 Å². The van der Waals surface area contributed by atoms with E-state index in [1.807, 2.05) is 12.1 Å². The number of ketones is 1. The van der Waals surface area contributed by atoms with Gasteiger partial charge >= 0.3 is 0 Å². The zero-order valence-corrected chi connectivity index (χ0v) is 19.7. The van der Waals surface area contributed by atoms with E-state index >= 15 is 0 Å². The second-order valence-corrected chi connectivity index (χ2v) is 9.68. The first kappa shape index (κ1) is 22.9. The molecule has 7 nitrogen and oxygen atoms in total. The number of hydrogen-bond donors (Lipinski definition) is 1. The minimum atomic E-state index is -1.54. The second-order valence-electron chi connectivity index (χ2n) is 7.58. The summed E-state index contributed by atoms with van der Waals surface area (Å²) in [6, 6.07) is 15.5. The number of carbonyl (C=O) groups excluding carboxylic acids is 2. The van der Waals surface area contributed by atoms with Gasteiger partial charge in [0.15, 0.2) is 5.78 Å². The van der Waals surface area contributed by atoms with Crippen molar-refractivity contribution in [2.45, 2.75) is 18.2 Å². The highest BCUT2D eigenvalue weighted by Crippen LogP contribution is 2.32. The molecule has 9 heteroatoms. The number of nitrogens with one attached hydrogen (secondary N) is 1. The molecule has 2 atom stereocenters. The van der Waals surface area contributed by atoms with E-state index in [0.717, 1.165) is 11.1 Å². The topological polar surface area (TPSA) is 88.6 Å². The Labute approximate surface area is 199 Å². The van der Waals surface area contributed by atoms with E-state index in [0.29, 0.717) is 34.1 Å². The summed E-state index contributed by atoms with van der Waals surface area (Å²) in [6.07, 6.45) is 1.92. The van der Waals surface area contributed by atoms with Crippen LogP contribution in [0.15, 0.2) is 60.8 Å². The molecule has 170 valence electrons. The van der Waals surface area contributed by atoms with Crippen LogP contribution in [0.2, 0.25) is 5.02 Å². The fraction of sp³-hybridized carbons (Fsp3) is 0.208. The average molecular weight is 484 g/mol. The van der Waals surface area contributed by atoms with Crippen LogP contribution in [0.25, 0.3) is 0 Å². The summed E-state index contributed by atoms with van der Waals surface area (Å²) < 4.78 is 19.7. The van der Waals surface area contributed by atoms with Crippen LogP contribution in [0.5, 0.6) is 5.88 Å². The van der Waals surface area contributed by atoms with Gasteiger partial charge in [-0.2, -0.15) is 0 Å². The van der Waals surface area contributed by atoms with Gasteiger partial charge < -0.3 is 10.1 Å². The number of anilines is 1. The van der Waals surface area contributed by atoms with E-state index in [4.69, 9.17) is 16.3 Å². The Kier molecular flexibility index (Phi) is 6.76.